The first-order valence-electron chi connectivity index (χ1n) is 13.2. The largest absolute Gasteiger partial charge is 0.389 e. The predicted octanol–water partition coefficient (Wildman–Crippen LogP) is 1.79. The second kappa shape index (κ2) is 11.5. The molecule has 2 aliphatic rings. The molecule has 0 aliphatic carbocycles. The monoisotopic (exact) mass is 575 g/mol. The lowest BCUT2D eigenvalue weighted by molar-refractivity contribution is -0.121. The van der Waals surface area contributed by atoms with Gasteiger partial charge in [0, 0.05) is 50.1 Å². The number of Topliss-reactive ketones (excluding diaryl/α,β-unsaturated/α-hetero) is 1. The second-order valence-corrected chi connectivity index (χ2v) is 10.1. The van der Waals surface area contributed by atoms with Crippen molar-refractivity contribution in [2.45, 2.75) is 26.1 Å². The maximum absolute atomic E-state index is 13.9. The second-order valence-electron chi connectivity index (χ2n) is 10.1. The lowest BCUT2D eigenvalue weighted by Gasteiger charge is -2.20. The van der Waals surface area contributed by atoms with Crippen molar-refractivity contribution in [3.8, 4) is 0 Å². The number of halogens is 1. The molecule has 0 bridgehead atoms. The van der Waals surface area contributed by atoms with Gasteiger partial charge in [-0.05, 0) is 12.0 Å². The van der Waals surface area contributed by atoms with Crippen LogP contribution in [-0.2, 0) is 31.5 Å². The molecule has 4 heterocycles. The Morgan fingerprint density at radius 2 is 1.71 bits per heavy atom. The van der Waals surface area contributed by atoms with E-state index in [4.69, 9.17) is 4.98 Å². The highest BCUT2D eigenvalue weighted by Crippen LogP contribution is 2.35. The molecule has 11 nitrogen and oxygen atoms in total. The van der Waals surface area contributed by atoms with Gasteiger partial charge < -0.3 is 15.5 Å². The van der Waals surface area contributed by atoms with Crippen LogP contribution >= 0.6 is 12.4 Å². The number of nitrogens with one attached hydrogen (secondary N) is 2. The van der Waals surface area contributed by atoms with Gasteiger partial charge >= 0.3 is 5.69 Å². The molecule has 1 saturated heterocycles. The minimum Gasteiger partial charge on any atom is -0.389 e. The highest BCUT2D eigenvalue weighted by Gasteiger charge is 2.35. The van der Waals surface area contributed by atoms with E-state index in [-0.39, 0.29) is 41.8 Å². The Morgan fingerprint density at radius 1 is 1.00 bits per heavy atom. The van der Waals surface area contributed by atoms with Crippen LogP contribution in [0.4, 0.5) is 5.95 Å². The number of aromatic nitrogens is 4. The van der Waals surface area contributed by atoms with Crippen LogP contribution in [0.2, 0.25) is 0 Å². The molecule has 0 spiro atoms. The first-order valence-corrected chi connectivity index (χ1v) is 13.2. The molecule has 212 valence electrons. The molecule has 2 aromatic carbocycles. The number of benzene rings is 2. The minimum absolute atomic E-state index is 0. The number of amides is 1. The molecule has 1 fully saturated rings. The number of hydrogen-bond acceptors (Lipinski definition) is 7. The molecule has 1 unspecified atom stereocenters. The van der Waals surface area contributed by atoms with Gasteiger partial charge in [0.2, 0.25) is 11.9 Å². The minimum atomic E-state index is -0.661. The number of anilines is 1. The third kappa shape index (κ3) is 5.16. The number of carbonyl (C=O) groups is 2. The Balaban J connectivity index is 0.00000337. The molecule has 0 radical (unpaired) electrons. The van der Waals surface area contributed by atoms with Crippen molar-refractivity contribution < 1.29 is 9.59 Å². The number of hydrogen-bond donors (Lipinski definition) is 2. The van der Waals surface area contributed by atoms with Gasteiger partial charge in [-0.15, -0.1) is 12.4 Å². The summed E-state index contributed by atoms with van der Waals surface area (Å²) in [5.74, 6) is 0.0557. The van der Waals surface area contributed by atoms with Crippen LogP contribution in [0.25, 0.3) is 11.2 Å². The van der Waals surface area contributed by atoms with Crippen molar-refractivity contribution in [1.29, 1.82) is 0 Å². The molecular formula is C29H30ClN7O4. The number of rotatable bonds is 8. The molecule has 2 N–H and O–H groups in total. The molecule has 6 rings (SSSR count). The highest BCUT2D eigenvalue weighted by molar-refractivity contribution is 5.96. The van der Waals surface area contributed by atoms with Gasteiger partial charge in [-0.3, -0.25) is 28.1 Å². The number of fused-ring (bicyclic) bond motifs is 2. The maximum Gasteiger partial charge on any atom is 0.332 e. The van der Waals surface area contributed by atoms with E-state index in [0.717, 1.165) is 28.8 Å². The fourth-order valence-corrected chi connectivity index (χ4v) is 5.42. The number of ketones is 1. The van der Waals surface area contributed by atoms with Gasteiger partial charge in [0.15, 0.2) is 16.9 Å². The standard InChI is InChI=1S/C29H29N7O4.ClH/c1-33-26-25(27(39)36(29(33)40)17-23(37)20-10-6-3-7-11-20)35(18-24(38)31-14-19-8-4-2-5-9-19)28(32-26)34-13-12-21-15-30-16-22(21)34;/h2-11,16,21,30H,12-15,17-18H2,1H3,(H,31,38);1H. The van der Waals surface area contributed by atoms with Crippen molar-refractivity contribution in [3.63, 3.8) is 0 Å². The molecule has 0 saturated carbocycles. The first-order chi connectivity index (χ1) is 19.4. The Bertz CT molecular complexity index is 1760. The number of imidazole rings is 1. The van der Waals surface area contributed by atoms with Gasteiger partial charge in [-0.25, -0.2) is 4.79 Å². The van der Waals surface area contributed by atoms with E-state index in [1.165, 1.54) is 11.6 Å². The van der Waals surface area contributed by atoms with E-state index in [1.54, 1.807) is 34.9 Å². The molecule has 1 atom stereocenters. The van der Waals surface area contributed by atoms with E-state index in [2.05, 4.69) is 10.6 Å². The van der Waals surface area contributed by atoms with Crippen LogP contribution in [-0.4, -0.2) is 43.5 Å². The molecule has 2 aliphatic heterocycles. The van der Waals surface area contributed by atoms with Gasteiger partial charge in [-0.2, -0.15) is 4.98 Å². The van der Waals surface area contributed by atoms with Crippen LogP contribution in [0, 0.1) is 5.92 Å². The zero-order valence-corrected chi connectivity index (χ0v) is 23.3. The third-order valence-corrected chi connectivity index (χ3v) is 7.53. The van der Waals surface area contributed by atoms with E-state index in [9.17, 15) is 19.2 Å². The summed E-state index contributed by atoms with van der Waals surface area (Å²) < 4.78 is 3.76. The first kappa shape index (κ1) is 27.9. The molecule has 2 aromatic heterocycles. The molecule has 12 heteroatoms. The molecular weight excluding hydrogens is 546 g/mol. The third-order valence-electron chi connectivity index (χ3n) is 7.53. The number of aryl methyl sites for hydroxylation is 1. The van der Waals surface area contributed by atoms with Crippen molar-refractivity contribution >= 4 is 41.2 Å². The lowest BCUT2D eigenvalue weighted by atomic mass is 10.1. The van der Waals surface area contributed by atoms with E-state index in [1.807, 2.05) is 41.4 Å². The average Bonchev–Trinajstić information content (AvgIpc) is 3.69. The summed E-state index contributed by atoms with van der Waals surface area (Å²) in [6, 6.07) is 18.1. The summed E-state index contributed by atoms with van der Waals surface area (Å²) in [5.41, 5.74) is 1.34. The maximum atomic E-state index is 13.9. The van der Waals surface area contributed by atoms with Crippen molar-refractivity contribution in [3.05, 3.63) is 105 Å². The van der Waals surface area contributed by atoms with Gasteiger partial charge in [0.1, 0.15) is 6.54 Å². The fourth-order valence-electron chi connectivity index (χ4n) is 5.42. The van der Waals surface area contributed by atoms with Crippen LogP contribution in [0.15, 0.2) is 82.1 Å². The van der Waals surface area contributed by atoms with Crippen molar-refractivity contribution in [1.82, 2.24) is 29.3 Å². The average molecular weight is 576 g/mol. The van der Waals surface area contributed by atoms with Gasteiger partial charge in [0.25, 0.3) is 5.56 Å². The summed E-state index contributed by atoms with van der Waals surface area (Å²) in [5, 5.41) is 6.17. The quantitative estimate of drug-likeness (QED) is 0.307. The van der Waals surface area contributed by atoms with Crippen molar-refractivity contribution in [2.75, 3.05) is 18.0 Å². The number of nitrogens with zero attached hydrogens (tertiary/aromatic N) is 5. The molecule has 4 aromatic rings. The smallest absolute Gasteiger partial charge is 0.332 e. The SMILES string of the molecule is Cl.Cn1c(=O)n(CC(=O)c2ccccc2)c(=O)c2c1nc(N1CCC3CNC=C31)n2CC(=O)NCc1ccccc1. The van der Waals surface area contributed by atoms with E-state index >= 15 is 0 Å². The molecule has 1 amide bonds. The van der Waals surface area contributed by atoms with Crippen LogP contribution in [0.3, 0.4) is 0 Å². The Hall–Kier alpha value is -4.64. The van der Waals surface area contributed by atoms with Crippen LogP contribution < -0.4 is 26.8 Å². The Kier molecular flexibility index (Phi) is 7.80. The summed E-state index contributed by atoms with van der Waals surface area (Å²) >= 11 is 0. The van der Waals surface area contributed by atoms with Crippen molar-refractivity contribution in [2.24, 2.45) is 13.0 Å². The summed E-state index contributed by atoms with van der Waals surface area (Å²) in [6.07, 6.45) is 2.84. The summed E-state index contributed by atoms with van der Waals surface area (Å²) in [6.45, 7) is 1.21. The van der Waals surface area contributed by atoms with Gasteiger partial charge in [0.05, 0.1) is 6.54 Å². The predicted molar refractivity (Wildman–Crippen MR) is 157 cm³/mol. The zero-order chi connectivity index (χ0) is 27.8. The highest BCUT2D eigenvalue weighted by atomic mass is 35.5. The summed E-state index contributed by atoms with van der Waals surface area (Å²) in [4.78, 5) is 60.0. The lowest BCUT2D eigenvalue weighted by Crippen LogP contribution is -2.41. The Labute approximate surface area is 241 Å². The van der Waals surface area contributed by atoms with Crippen LogP contribution in [0.1, 0.15) is 22.3 Å². The van der Waals surface area contributed by atoms with Crippen LogP contribution in [0.5, 0.6) is 0 Å². The number of carbonyl (C=O) groups excluding carboxylic acids is 2. The topological polar surface area (TPSA) is 123 Å². The fraction of sp³-hybridized carbons (Fsp3) is 0.276. The molecule has 41 heavy (non-hydrogen) atoms. The zero-order valence-electron chi connectivity index (χ0n) is 22.4. The van der Waals surface area contributed by atoms with E-state index < -0.39 is 17.8 Å². The summed E-state index contributed by atoms with van der Waals surface area (Å²) in [7, 11) is 1.52. The van der Waals surface area contributed by atoms with E-state index in [0.29, 0.717) is 30.5 Å². The van der Waals surface area contributed by atoms with Gasteiger partial charge in [-0.1, -0.05) is 60.7 Å². The normalized spacial score (nSPS) is 15.7. The Morgan fingerprint density at radius 3 is 2.44 bits per heavy atom.